The number of guanidine groups is 1. The van der Waals surface area contributed by atoms with Gasteiger partial charge in [0.15, 0.2) is 5.96 Å². The average Bonchev–Trinajstić information content (AvgIpc) is 3.34. The fourth-order valence-corrected chi connectivity index (χ4v) is 4.00. The topological polar surface area (TPSA) is 58.1 Å². The highest BCUT2D eigenvalue weighted by atomic mass is 127. The molecule has 7 heteroatoms. The smallest absolute Gasteiger partial charge is 0.191 e. The van der Waals surface area contributed by atoms with Crippen molar-refractivity contribution in [3.63, 3.8) is 0 Å². The van der Waals surface area contributed by atoms with Crippen molar-refractivity contribution in [3.8, 4) is 0 Å². The lowest BCUT2D eigenvalue weighted by Gasteiger charge is -2.21. The van der Waals surface area contributed by atoms with Crippen LogP contribution in [0.5, 0.6) is 0 Å². The van der Waals surface area contributed by atoms with E-state index in [2.05, 4.69) is 57.8 Å². The van der Waals surface area contributed by atoms with E-state index in [1.807, 2.05) is 7.05 Å². The summed E-state index contributed by atoms with van der Waals surface area (Å²) in [6, 6.07) is 11.7. The normalized spacial score (nSPS) is 25.0. The number of benzene rings is 1. The van der Waals surface area contributed by atoms with Crippen LogP contribution in [0.15, 0.2) is 35.3 Å². The fraction of sp³-hybridized carbons (Fsp3) is 0.682. The molecule has 2 heterocycles. The predicted molar refractivity (Wildman–Crippen MR) is 129 cm³/mol. The first-order valence-electron chi connectivity index (χ1n) is 10.7. The summed E-state index contributed by atoms with van der Waals surface area (Å²) < 4.78 is 11.3. The Morgan fingerprint density at radius 1 is 1.31 bits per heavy atom. The Morgan fingerprint density at radius 2 is 2.14 bits per heavy atom. The summed E-state index contributed by atoms with van der Waals surface area (Å²) in [7, 11) is 1.84. The number of nitrogens with zero attached hydrogens (tertiary/aromatic N) is 2. The molecule has 6 nitrogen and oxygen atoms in total. The lowest BCUT2D eigenvalue weighted by molar-refractivity contribution is 0.0168. The summed E-state index contributed by atoms with van der Waals surface area (Å²) in [5, 5.41) is 7.00. The van der Waals surface area contributed by atoms with E-state index < -0.39 is 0 Å². The second kappa shape index (κ2) is 13.4. The molecule has 0 radical (unpaired) electrons. The molecule has 164 valence electrons. The quantitative estimate of drug-likeness (QED) is 0.229. The minimum Gasteiger partial charge on any atom is -0.379 e. The Kier molecular flexibility index (Phi) is 11.3. The molecule has 2 fully saturated rings. The number of hydrogen-bond donors (Lipinski definition) is 2. The molecule has 0 aromatic heterocycles. The predicted octanol–water partition coefficient (Wildman–Crippen LogP) is 3.02. The standard InChI is InChI=1S/C22H36N4O2.HI/c1-18-14-20(16-26(18)15-19-8-4-3-5-9-19)25-22(23-2)24-11-7-12-27-17-21-10-6-13-28-21;/h3-5,8-9,18,20-21H,6-7,10-17H2,1-2H3,(H2,23,24,25);1H. The zero-order valence-corrected chi connectivity index (χ0v) is 20.1. The summed E-state index contributed by atoms with van der Waals surface area (Å²) in [4.78, 5) is 6.92. The fourth-order valence-electron chi connectivity index (χ4n) is 4.00. The molecule has 3 unspecified atom stereocenters. The molecule has 3 atom stereocenters. The number of aliphatic imine (C=N–C) groups is 1. The maximum Gasteiger partial charge on any atom is 0.191 e. The van der Waals surface area contributed by atoms with Gasteiger partial charge in [-0.1, -0.05) is 30.3 Å². The van der Waals surface area contributed by atoms with E-state index in [4.69, 9.17) is 9.47 Å². The maximum absolute atomic E-state index is 5.72. The molecule has 1 aromatic carbocycles. The molecule has 0 amide bonds. The van der Waals surface area contributed by atoms with Crippen LogP contribution in [0, 0.1) is 0 Å². The molecule has 1 aromatic rings. The van der Waals surface area contributed by atoms with Crippen molar-refractivity contribution in [2.45, 2.75) is 57.3 Å². The highest BCUT2D eigenvalue weighted by Crippen LogP contribution is 2.20. The largest absolute Gasteiger partial charge is 0.379 e. The van der Waals surface area contributed by atoms with Crippen molar-refractivity contribution in [1.29, 1.82) is 0 Å². The molecule has 0 bridgehead atoms. The zero-order chi connectivity index (χ0) is 19.6. The van der Waals surface area contributed by atoms with E-state index in [1.54, 1.807) is 0 Å². The summed E-state index contributed by atoms with van der Waals surface area (Å²) in [5.74, 6) is 0.887. The number of nitrogens with one attached hydrogen (secondary N) is 2. The maximum atomic E-state index is 5.72. The van der Waals surface area contributed by atoms with E-state index >= 15 is 0 Å². The van der Waals surface area contributed by atoms with Crippen LogP contribution >= 0.6 is 24.0 Å². The monoisotopic (exact) mass is 516 g/mol. The van der Waals surface area contributed by atoms with Crippen molar-refractivity contribution in [2.75, 3.05) is 40.0 Å². The first-order valence-corrected chi connectivity index (χ1v) is 10.7. The third-order valence-corrected chi connectivity index (χ3v) is 5.58. The third kappa shape index (κ3) is 8.39. The Hall–Kier alpha value is -0.900. The van der Waals surface area contributed by atoms with Crippen molar-refractivity contribution >= 4 is 29.9 Å². The highest BCUT2D eigenvalue weighted by molar-refractivity contribution is 14.0. The molecule has 2 saturated heterocycles. The van der Waals surface area contributed by atoms with Crippen LogP contribution in [0.2, 0.25) is 0 Å². The van der Waals surface area contributed by atoms with Gasteiger partial charge < -0.3 is 20.1 Å². The first-order chi connectivity index (χ1) is 13.7. The lowest BCUT2D eigenvalue weighted by atomic mass is 10.2. The van der Waals surface area contributed by atoms with Gasteiger partial charge in [0.2, 0.25) is 0 Å². The van der Waals surface area contributed by atoms with Crippen LogP contribution in [0.1, 0.15) is 38.2 Å². The zero-order valence-electron chi connectivity index (χ0n) is 17.8. The Bertz CT molecular complexity index is 596. The number of halogens is 1. The van der Waals surface area contributed by atoms with Crippen LogP contribution in [0.3, 0.4) is 0 Å². The minimum atomic E-state index is 0. The average molecular weight is 516 g/mol. The van der Waals surface area contributed by atoms with Crippen LogP contribution in [0.4, 0.5) is 0 Å². The molecule has 0 saturated carbocycles. The van der Waals surface area contributed by atoms with E-state index in [-0.39, 0.29) is 24.0 Å². The van der Waals surface area contributed by atoms with Crippen LogP contribution in [-0.4, -0.2) is 69.0 Å². The van der Waals surface area contributed by atoms with Gasteiger partial charge in [0.1, 0.15) is 0 Å². The molecule has 2 N–H and O–H groups in total. The SMILES string of the molecule is CN=C(NCCCOCC1CCCO1)NC1CC(C)N(Cc2ccccc2)C1.I. The van der Waals surface area contributed by atoms with Gasteiger partial charge in [-0.15, -0.1) is 24.0 Å². The number of rotatable bonds is 9. The molecule has 3 rings (SSSR count). The van der Waals surface area contributed by atoms with Gasteiger partial charge in [0.25, 0.3) is 0 Å². The van der Waals surface area contributed by atoms with Crippen molar-refractivity contribution in [1.82, 2.24) is 15.5 Å². The Labute approximate surface area is 192 Å². The lowest BCUT2D eigenvalue weighted by Crippen LogP contribution is -2.44. The van der Waals surface area contributed by atoms with E-state index in [9.17, 15) is 0 Å². The first kappa shape index (κ1) is 24.4. The second-order valence-corrected chi connectivity index (χ2v) is 7.90. The second-order valence-electron chi connectivity index (χ2n) is 7.90. The van der Waals surface area contributed by atoms with E-state index in [0.717, 1.165) is 64.7 Å². The third-order valence-electron chi connectivity index (χ3n) is 5.58. The molecule has 0 aliphatic carbocycles. The van der Waals surface area contributed by atoms with E-state index in [0.29, 0.717) is 18.2 Å². The molecule has 2 aliphatic rings. The molecular weight excluding hydrogens is 479 g/mol. The van der Waals surface area contributed by atoms with Gasteiger partial charge >= 0.3 is 0 Å². The molecule has 2 aliphatic heterocycles. The number of likely N-dealkylation sites (tertiary alicyclic amines) is 1. The molecular formula is C22H37IN4O2. The van der Waals surface area contributed by atoms with Crippen LogP contribution in [0.25, 0.3) is 0 Å². The van der Waals surface area contributed by atoms with Gasteiger partial charge in [-0.3, -0.25) is 9.89 Å². The van der Waals surface area contributed by atoms with Gasteiger partial charge in [-0.25, -0.2) is 0 Å². The molecule has 0 spiro atoms. The van der Waals surface area contributed by atoms with Crippen molar-refractivity contribution in [2.24, 2.45) is 4.99 Å². The van der Waals surface area contributed by atoms with Gasteiger partial charge in [0.05, 0.1) is 12.7 Å². The van der Waals surface area contributed by atoms with Crippen LogP contribution < -0.4 is 10.6 Å². The van der Waals surface area contributed by atoms with Crippen LogP contribution in [-0.2, 0) is 16.0 Å². The van der Waals surface area contributed by atoms with Crippen molar-refractivity contribution in [3.05, 3.63) is 35.9 Å². The summed E-state index contributed by atoms with van der Waals surface area (Å²) >= 11 is 0. The molecule has 29 heavy (non-hydrogen) atoms. The van der Waals surface area contributed by atoms with Gasteiger partial charge in [0, 0.05) is 52.0 Å². The number of hydrogen-bond acceptors (Lipinski definition) is 4. The van der Waals surface area contributed by atoms with E-state index in [1.165, 1.54) is 12.0 Å². The summed E-state index contributed by atoms with van der Waals surface area (Å²) in [6.45, 7) is 7.60. The highest BCUT2D eigenvalue weighted by Gasteiger charge is 2.29. The summed E-state index contributed by atoms with van der Waals surface area (Å²) in [6.07, 6.45) is 4.72. The Morgan fingerprint density at radius 3 is 2.86 bits per heavy atom. The van der Waals surface area contributed by atoms with Gasteiger partial charge in [-0.05, 0) is 38.2 Å². The summed E-state index contributed by atoms with van der Waals surface area (Å²) in [5.41, 5.74) is 1.38. The minimum absolute atomic E-state index is 0. The van der Waals surface area contributed by atoms with Gasteiger partial charge in [-0.2, -0.15) is 0 Å². The Balaban J connectivity index is 0.00000300. The van der Waals surface area contributed by atoms with Crippen molar-refractivity contribution < 1.29 is 9.47 Å². The number of ether oxygens (including phenoxy) is 2.